The third-order valence-corrected chi connectivity index (χ3v) is 3.98. The van der Waals surface area contributed by atoms with Crippen molar-refractivity contribution in [3.63, 3.8) is 0 Å². The average molecular weight is 338 g/mol. The molecule has 3 aromatic rings. The number of nitrogens with one attached hydrogen (secondary N) is 2. The summed E-state index contributed by atoms with van der Waals surface area (Å²) in [5, 5.41) is 19.5. The van der Waals surface area contributed by atoms with E-state index in [1.54, 1.807) is 30.3 Å². The van der Waals surface area contributed by atoms with E-state index in [1.807, 2.05) is 13.8 Å². The predicted molar refractivity (Wildman–Crippen MR) is 92.8 cm³/mol. The van der Waals surface area contributed by atoms with Gasteiger partial charge in [-0.2, -0.15) is 5.10 Å². The molecule has 7 nitrogen and oxygen atoms in total. The number of rotatable bonds is 5. The van der Waals surface area contributed by atoms with Gasteiger partial charge in [-0.05, 0) is 44.0 Å². The van der Waals surface area contributed by atoms with Crippen molar-refractivity contribution in [2.24, 2.45) is 0 Å². The van der Waals surface area contributed by atoms with Gasteiger partial charge in [-0.1, -0.05) is 12.1 Å². The Morgan fingerprint density at radius 1 is 1.20 bits per heavy atom. The van der Waals surface area contributed by atoms with E-state index in [0.717, 1.165) is 22.3 Å². The lowest BCUT2D eigenvalue weighted by Crippen LogP contribution is -2.26. The summed E-state index contributed by atoms with van der Waals surface area (Å²) in [6.45, 7) is 4.13. The van der Waals surface area contributed by atoms with Gasteiger partial charge in [0, 0.05) is 17.9 Å². The van der Waals surface area contributed by atoms with Gasteiger partial charge in [0.1, 0.15) is 0 Å². The van der Waals surface area contributed by atoms with Gasteiger partial charge in [-0.15, -0.1) is 0 Å². The summed E-state index contributed by atoms with van der Waals surface area (Å²) >= 11 is 0. The number of aryl methyl sites for hydroxylation is 2. The van der Waals surface area contributed by atoms with E-state index in [4.69, 9.17) is 5.11 Å². The number of hydrogen-bond acceptors (Lipinski definition) is 4. The number of amides is 1. The first-order valence-electron chi connectivity index (χ1n) is 7.88. The summed E-state index contributed by atoms with van der Waals surface area (Å²) in [5.41, 5.74) is 3.82. The third kappa shape index (κ3) is 3.50. The Balaban J connectivity index is 1.69. The Labute approximate surface area is 144 Å². The predicted octanol–water partition coefficient (Wildman–Crippen LogP) is 2.25. The average Bonchev–Trinajstić information content (AvgIpc) is 2.95. The van der Waals surface area contributed by atoms with Gasteiger partial charge in [-0.25, -0.2) is 9.78 Å². The first-order chi connectivity index (χ1) is 12.0. The molecule has 3 rings (SSSR count). The molecular weight excluding hydrogens is 320 g/mol. The zero-order valence-corrected chi connectivity index (χ0v) is 14.0. The number of carboxylic acid groups (broad SMARTS) is 1. The zero-order valence-electron chi connectivity index (χ0n) is 14.0. The molecule has 0 fully saturated rings. The number of carbonyl (C=O) groups excluding carboxylic acids is 1. The highest BCUT2D eigenvalue weighted by Crippen LogP contribution is 2.19. The van der Waals surface area contributed by atoms with Crippen molar-refractivity contribution < 1.29 is 14.7 Å². The lowest BCUT2D eigenvalue weighted by atomic mass is 10.1. The minimum Gasteiger partial charge on any atom is -0.478 e. The number of fused-ring (bicyclic) bond motifs is 1. The maximum Gasteiger partial charge on any atom is 0.335 e. The topological polar surface area (TPSA) is 108 Å². The van der Waals surface area contributed by atoms with E-state index in [2.05, 4.69) is 20.5 Å². The van der Waals surface area contributed by atoms with Crippen LogP contribution in [0, 0.1) is 13.8 Å². The van der Waals surface area contributed by atoms with Crippen LogP contribution in [0.2, 0.25) is 0 Å². The first-order valence-corrected chi connectivity index (χ1v) is 7.88. The molecule has 0 unspecified atom stereocenters. The molecule has 2 aromatic heterocycles. The number of benzene rings is 1. The number of nitrogens with zero attached hydrogens (tertiary/aromatic N) is 2. The van der Waals surface area contributed by atoms with Crippen LogP contribution in [0.1, 0.15) is 37.7 Å². The number of aromatic nitrogens is 3. The molecule has 3 N–H and O–H groups in total. The second-order valence-electron chi connectivity index (χ2n) is 5.87. The summed E-state index contributed by atoms with van der Waals surface area (Å²) in [6.07, 6.45) is 0.614. The van der Waals surface area contributed by atoms with E-state index in [0.29, 0.717) is 24.2 Å². The van der Waals surface area contributed by atoms with Gasteiger partial charge >= 0.3 is 5.97 Å². The van der Waals surface area contributed by atoms with Gasteiger partial charge < -0.3 is 10.4 Å². The van der Waals surface area contributed by atoms with Crippen molar-refractivity contribution in [2.75, 3.05) is 6.54 Å². The largest absolute Gasteiger partial charge is 0.478 e. The van der Waals surface area contributed by atoms with Gasteiger partial charge in [-0.3, -0.25) is 9.89 Å². The molecule has 2 heterocycles. The Bertz CT molecular complexity index is 945. The van der Waals surface area contributed by atoms with Crippen molar-refractivity contribution in [1.82, 2.24) is 20.5 Å². The van der Waals surface area contributed by atoms with E-state index in [9.17, 15) is 9.59 Å². The Morgan fingerprint density at radius 2 is 1.92 bits per heavy atom. The molecule has 0 bridgehead atoms. The molecule has 1 amide bonds. The van der Waals surface area contributed by atoms with Crippen molar-refractivity contribution in [2.45, 2.75) is 20.3 Å². The van der Waals surface area contributed by atoms with E-state index >= 15 is 0 Å². The SMILES string of the molecule is Cc1cc(C(=O)NCCc2ccc(C(=O)O)cc2)c2c(C)[nH]nc2n1. The highest BCUT2D eigenvalue weighted by atomic mass is 16.4. The van der Waals surface area contributed by atoms with E-state index < -0.39 is 5.97 Å². The third-order valence-electron chi connectivity index (χ3n) is 3.98. The molecule has 0 atom stereocenters. The Kier molecular flexibility index (Phi) is 4.47. The summed E-state index contributed by atoms with van der Waals surface area (Å²) in [5.74, 6) is -1.13. The molecule has 0 spiro atoms. The second kappa shape index (κ2) is 6.72. The lowest BCUT2D eigenvalue weighted by molar-refractivity contribution is 0.0696. The Hall–Kier alpha value is -3.22. The minimum absolute atomic E-state index is 0.179. The van der Waals surface area contributed by atoms with Gasteiger partial charge in [0.2, 0.25) is 0 Å². The summed E-state index contributed by atoms with van der Waals surface area (Å²) in [7, 11) is 0. The summed E-state index contributed by atoms with van der Waals surface area (Å²) in [4.78, 5) is 27.7. The monoisotopic (exact) mass is 338 g/mol. The molecule has 7 heteroatoms. The summed E-state index contributed by atoms with van der Waals surface area (Å²) in [6, 6.07) is 8.38. The maximum atomic E-state index is 12.5. The number of aromatic amines is 1. The van der Waals surface area contributed by atoms with Crippen LogP contribution in [0.3, 0.4) is 0 Å². The standard InChI is InChI=1S/C18H18N4O3/c1-10-9-14(15-11(2)21-22-16(15)20-10)17(23)19-8-7-12-3-5-13(6-4-12)18(24)25/h3-6,9H,7-8H2,1-2H3,(H,19,23)(H,24,25)(H,20,21,22). The minimum atomic E-state index is -0.951. The van der Waals surface area contributed by atoms with Crippen molar-refractivity contribution in [3.05, 3.63) is 58.4 Å². The molecule has 0 radical (unpaired) electrons. The number of carbonyl (C=O) groups is 2. The normalized spacial score (nSPS) is 10.8. The molecule has 0 aliphatic carbocycles. The van der Waals surface area contributed by atoms with E-state index in [1.165, 1.54) is 0 Å². The quantitative estimate of drug-likeness (QED) is 0.661. The van der Waals surface area contributed by atoms with Crippen LogP contribution in [0.25, 0.3) is 11.0 Å². The second-order valence-corrected chi connectivity index (χ2v) is 5.87. The molecule has 0 aliphatic heterocycles. The van der Waals surface area contributed by atoms with Crippen LogP contribution in [-0.4, -0.2) is 38.7 Å². The lowest BCUT2D eigenvalue weighted by Gasteiger charge is -2.08. The van der Waals surface area contributed by atoms with Crippen LogP contribution in [0.5, 0.6) is 0 Å². The van der Waals surface area contributed by atoms with Crippen LogP contribution in [0.15, 0.2) is 30.3 Å². The molecule has 25 heavy (non-hydrogen) atoms. The fraction of sp³-hybridized carbons (Fsp3) is 0.222. The highest BCUT2D eigenvalue weighted by molar-refractivity contribution is 6.06. The van der Waals surface area contributed by atoms with Gasteiger partial charge in [0.05, 0.1) is 16.5 Å². The van der Waals surface area contributed by atoms with E-state index in [-0.39, 0.29) is 11.5 Å². The smallest absolute Gasteiger partial charge is 0.335 e. The molecule has 0 aliphatic rings. The molecule has 0 saturated heterocycles. The van der Waals surface area contributed by atoms with Gasteiger partial charge in [0.15, 0.2) is 5.65 Å². The van der Waals surface area contributed by atoms with Crippen LogP contribution in [-0.2, 0) is 6.42 Å². The zero-order chi connectivity index (χ0) is 18.0. The summed E-state index contributed by atoms with van der Waals surface area (Å²) < 4.78 is 0. The van der Waals surface area contributed by atoms with Crippen molar-refractivity contribution in [1.29, 1.82) is 0 Å². The molecule has 128 valence electrons. The van der Waals surface area contributed by atoms with Crippen LogP contribution in [0.4, 0.5) is 0 Å². The number of aromatic carboxylic acids is 1. The highest BCUT2D eigenvalue weighted by Gasteiger charge is 2.15. The number of pyridine rings is 1. The van der Waals surface area contributed by atoms with Crippen LogP contribution >= 0.6 is 0 Å². The molecule has 1 aromatic carbocycles. The van der Waals surface area contributed by atoms with Crippen LogP contribution < -0.4 is 5.32 Å². The number of hydrogen-bond donors (Lipinski definition) is 3. The number of carboxylic acids is 1. The fourth-order valence-electron chi connectivity index (χ4n) is 2.71. The van der Waals surface area contributed by atoms with Gasteiger partial charge in [0.25, 0.3) is 5.91 Å². The van der Waals surface area contributed by atoms with Crippen molar-refractivity contribution in [3.8, 4) is 0 Å². The molecular formula is C18H18N4O3. The Morgan fingerprint density at radius 3 is 2.60 bits per heavy atom. The first kappa shape index (κ1) is 16.6. The maximum absolute atomic E-state index is 12.5. The number of H-pyrrole nitrogens is 1. The van der Waals surface area contributed by atoms with Crippen molar-refractivity contribution >= 4 is 22.9 Å². The molecule has 0 saturated carbocycles. The fourth-order valence-corrected chi connectivity index (χ4v) is 2.71.